The normalized spacial score (nSPS) is 21.0. The van der Waals surface area contributed by atoms with Crippen LogP contribution in [0.4, 0.5) is 0 Å². The zero-order chi connectivity index (χ0) is 10.1. The molecule has 1 fully saturated rings. The average Bonchev–Trinajstić information content (AvgIpc) is 2.25. The van der Waals surface area contributed by atoms with Crippen molar-refractivity contribution in [3.05, 3.63) is 0 Å². The molecule has 0 radical (unpaired) electrons. The Hall–Kier alpha value is 0.170. The maximum absolute atomic E-state index is 5.52. The van der Waals surface area contributed by atoms with Crippen LogP contribution in [0, 0.1) is 0 Å². The molecule has 1 N–H and O–H groups in total. The van der Waals surface area contributed by atoms with Crippen molar-refractivity contribution >= 4 is 12.4 Å². The molecule has 1 aliphatic rings. The van der Waals surface area contributed by atoms with Gasteiger partial charge in [-0.05, 0) is 32.2 Å². The number of halogens is 1. The predicted molar refractivity (Wildman–Crippen MR) is 64.8 cm³/mol. The first-order chi connectivity index (χ1) is 6.93. The Labute approximate surface area is 99.3 Å². The van der Waals surface area contributed by atoms with E-state index in [4.69, 9.17) is 9.47 Å². The third-order valence-corrected chi connectivity index (χ3v) is 2.66. The first-order valence-electron chi connectivity index (χ1n) is 5.73. The van der Waals surface area contributed by atoms with Gasteiger partial charge in [-0.2, -0.15) is 0 Å². The first-order valence-corrected chi connectivity index (χ1v) is 5.73. The molecule has 1 atom stereocenters. The summed E-state index contributed by atoms with van der Waals surface area (Å²) in [5.41, 5.74) is 0. The van der Waals surface area contributed by atoms with Gasteiger partial charge < -0.3 is 14.8 Å². The van der Waals surface area contributed by atoms with Gasteiger partial charge >= 0.3 is 0 Å². The van der Waals surface area contributed by atoms with E-state index in [0.717, 1.165) is 32.7 Å². The van der Waals surface area contributed by atoms with E-state index in [0.29, 0.717) is 6.04 Å². The zero-order valence-corrected chi connectivity index (χ0v) is 10.5. The summed E-state index contributed by atoms with van der Waals surface area (Å²) in [6.07, 6.45) is 6.20. The van der Waals surface area contributed by atoms with Gasteiger partial charge in [-0.25, -0.2) is 0 Å². The Morgan fingerprint density at radius 3 is 2.73 bits per heavy atom. The van der Waals surface area contributed by atoms with Crippen LogP contribution in [-0.4, -0.2) is 39.5 Å². The van der Waals surface area contributed by atoms with Crippen LogP contribution in [0.2, 0.25) is 0 Å². The molecule has 0 aromatic heterocycles. The monoisotopic (exact) mass is 237 g/mol. The number of nitrogens with one attached hydrogen (secondary N) is 1. The Kier molecular flexibility index (Phi) is 10.8. The number of piperidine rings is 1. The highest BCUT2D eigenvalue weighted by atomic mass is 35.5. The van der Waals surface area contributed by atoms with E-state index in [1.165, 1.54) is 25.8 Å². The molecule has 15 heavy (non-hydrogen) atoms. The fourth-order valence-electron chi connectivity index (χ4n) is 1.80. The molecule has 0 amide bonds. The van der Waals surface area contributed by atoms with Gasteiger partial charge in [-0.3, -0.25) is 0 Å². The molecule has 0 aromatic rings. The zero-order valence-electron chi connectivity index (χ0n) is 9.67. The van der Waals surface area contributed by atoms with Crippen molar-refractivity contribution < 1.29 is 9.47 Å². The van der Waals surface area contributed by atoms with E-state index in [1.54, 1.807) is 7.11 Å². The van der Waals surface area contributed by atoms with Crippen molar-refractivity contribution in [1.82, 2.24) is 5.32 Å². The molecule has 0 saturated carbocycles. The maximum atomic E-state index is 5.52. The van der Waals surface area contributed by atoms with Gasteiger partial charge in [0.25, 0.3) is 0 Å². The molecule has 1 unspecified atom stereocenters. The molecular formula is C11H24ClNO2. The molecule has 4 heteroatoms. The maximum Gasteiger partial charge on any atom is 0.0487 e. The summed E-state index contributed by atoms with van der Waals surface area (Å²) < 4.78 is 10.5. The van der Waals surface area contributed by atoms with Crippen molar-refractivity contribution in [1.29, 1.82) is 0 Å². The summed E-state index contributed by atoms with van der Waals surface area (Å²) >= 11 is 0. The van der Waals surface area contributed by atoms with Crippen LogP contribution in [0.25, 0.3) is 0 Å². The minimum absolute atomic E-state index is 0. The van der Waals surface area contributed by atoms with E-state index in [9.17, 15) is 0 Å². The van der Waals surface area contributed by atoms with Gasteiger partial charge in [0, 0.05) is 33.0 Å². The lowest BCUT2D eigenvalue weighted by Crippen LogP contribution is -2.34. The van der Waals surface area contributed by atoms with Crippen LogP contribution in [0.5, 0.6) is 0 Å². The molecule has 0 spiro atoms. The van der Waals surface area contributed by atoms with Gasteiger partial charge in [0.15, 0.2) is 0 Å². The third-order valence-electron chi connectivity index (χ3n) is 2.66. The summed E-state index contributed by atoms with van der Waals surface area (Å²) in [5, 5.41) is 3.52. The summed E-state index contributed by atoms with van der Waals surface area (Å²) in [4.78, 5) is 0. The summed E-state index contributed by atoms with van der Waals surface area (Å²) in [6, 6.07) is 0.700. The van der Waals surface area contributed by atoms with Gasteiger partial charge in [0.05, 0.1) is 0 Å². The summed E-state index contributed by atoms with van der Waals surface area (Å²) in [6.45, 7) is 3.72. The van der Waals surface area contributed by atoms with E-state index in [-0.39, 0.29) is 12.4 Å². The van der Waals surface area contributed by atoms with Crippen molar-refractivity contribution in [3.8, 4) is 0 Å². The number of ether oxygens (including phenoxy) is 2. The second-order valence-electron chi connectivity index (χ2n) is 3.89. The molecule has 0 bridgehead atoms. The first kappa shape index (κ1) is 15.2. The van der Waals surface area contributed by atoms with Crippen LogP contribution < -0.4 is 5.32 Å². The lowest BCUT2D eigenvalue weighted by Gasteiger charge is -2.23. The highest BCUT2D eigenvalue weighted by molar-refractivity contribution is 5.85. The fourth-order valence-corrected chi connectivity index (χ4v) is 1.80. The Morgan fingerprint density at radius 1 is 1.20 bits per heavy atom. The quantitative estimate of drug-likeness (QED) is 0.687. The van der Waals surface area contributed by atoms with Gasteiger partial charge in [0.2, 0.25) is 0 Å². The van der Waals surface area contributed by atoms with E-state index >= 15 is 0 Å². The number of hydrogen-bond acceptors (Lipinski definition) is 3. The SMILES string of the molecule is COCCCOCCC1CCCCN1.Cl. The van der Waals surface area contributed by atoms with Gasteiger partial charge in [-0.15, -0.1) is 12.4 Å². The van der Waals surface area contributed by atoms with Gasteiger partial charge in [-0.1, -0.05) is 6.42 Å². The van der Waals surface area contributed by atoms with Crippen LogP contribution in [-0.2, 0) is 9.47 Å². The third kappa shape index (κ3) is 8.03. The van der Waals surface area contributed by atoms with Gasteiger partial charge in [0.1, 0.15) is 0 Å². The largest absolute Gasteiger partial charge is 0.385 e. The standard InChI is InChI=1S/C11H23NO2.ClH/c1-13-8-4-9-14-10-6-11-5-2-3-7-12-11;/h11-12H,2-10H2,1H3;1H. The number of rotatable bonds is 7. The van der Waals surface area contributed by atoms with E-state index < -0.39 is 0 Å². The molecule has 0 aliphatic carbocycles. The Morgan fingerprint density at radius 2 is 2.07 bits per heavy atom. The van der Waals surface area contributed by atoms with Crippen LogP contribution in [0.1, 0.15) is 32.1 Å². The van der Waals surface area contributed by atoms with Crippen LogP contribution >= 0.6 is 12.4 Å². The highest BCUT2D eigenvalue weighted by Crippen LogP contribution is 2.09. The Bertz CT molecular complexity index is 130. The second kappa shape index (κ2) is 10.7. The summed E-state index contributed by atoms with van der Waals surface area (Å²) in [7, 11) is 1.73. The highest BCUT2D eigenvalue weighted by Gasteiger charge is 2.11. The molecule has 1 aliphatic heterocycles. The summed E-state index contributed by atoms with van der Waals surface area (Å²) in [5.74, 6) is 0. The average molecular weight is 238 g/mol. The topological polar surface area (TPSA) is 30.5 Å². The van der Waals surface area contributed by atoms with Crippen LogP contribution in [0.15, 0.2) is 0 Å². The molecular weight excluding hydrogens is 214 g/mol. The molecule has 1 rings (SSSR count). The minimum atomic E-state index is 0. The van der Waals surface area contributed by atoms with E-state index in [2.05, 4.69) is 5.32 Å². The van der Waals surface area contributed by atoms with Crippen LogP contribution in [0.3, 0.4) is 0 Å². The van der Waals surface area contributed by atoms with E-state index in [1.807, 2.05) is 0 Å². The van der Waals surface area contributed by atoms with Crippen molar-refractivity contribution in [3.63, 3.8) is 0 Å². The Balaban J connectivity index is 0.00000196. The molecule has 1 saturated heterocycles. The molecule has 92 valence electrons. The molecule has 1 heterocycles. The van der Waals surface area contributed by atoms with Crippen molar-refractivity contribution in [2.75, 3.05) is 33.5 Å². The smallest absolute Gasteiger partial charge is 0.0487 e. The van der Waals surface area contributed by atoms with Crippen molar-refractivity contribution in [2.24, 2.45) is 0 Å². The number of methoxy groups -OCH3 is 1. The fraction of sp³-hybridized carbons (Fsp3) is 1.00. The molecule has 3 nitrogen and oxygen atoms in total. The number of hydrogen-bond donors (Lipinski definition) is 1. The van der Waals surface area contributed by atoms with Crippen molar-refractivity contribution in [2.45, 2.75) is 38.1 Å². The second-order valence-corrected chi connectivity index (χ2v) is 3.89. The predicted octanol–water partition coefficient (Wildman–Crippen LogP) is 1.99. The lowest BCUT2D eigenvalue weighted by molar-refractivity contribution is 0.0946. The minimum Gasteiger partial charge on any atom is -0.385 e. The lowest BCUT2D eigenvalue weighted by atomic mass is 10.0. The molecule has 0 aromatic carbocycles.